The van der Waals surface area contributed by atoms with Crippen molar-refractivity contribution in [3.8, 4) is 0 Å². The zero-order valence-electron chi connectivity index (χ0n) is 11.6. The summed E-state index contributed by atoms with van der Waals surface area (Å²) in [7, 11) is 2.14. The van der Waals surface area contributed by atoms with Gasteiger partial charge in [0.25, 0.3) is 0 Å². The SMILES string of the molecule is CN1CCN(CCn2c(=O)[nH]c3ccc(Cl)cc32)CC1. The molecule has 1 aliphatic heterocycles. The van der Waals surface area contributed by atoms with Gasteiger partial charge in [0, 0.05) is 44.3 Å². The number of aromatic nitrogens is 2. The number of aromatic amines is 1. The van der Waals surface area contributed by atoms with Crippen LogP contribution in [0.25, 0.3) is 11.0 Å². The molecule has 5 nitrogen and oxygen atoms in total. The standard InChI is InChI=1S/C14H19ClN4O/c1-17-4-6-18(7-5-17)8-9-19-13-10-11(15)2-3-12(13)16-14(19)20/h2-3,10H,4-9H2,1H3,(H,16,20). The molecule has 2 heterocycles. The largest absolute Gasteiger partial charge is 0.326 e. The lowest BCUT2D eigenvalue weighted by atomic mass is 10.3. The number of nitrogens with zero attached hydrogens (tertiary/aromatic N) is 3. The minimum Gasteiger partial charge on any atom is -0.306 e. The van der Waals surface area contributed by atoms with E-state index in [1.807, 2.05) is 12.1 Å². The second-order valence-electron chi connectivity index (χ2n) is 5.39. The van der Waals surface area contributed by atoms with Gasteiger partial charge in [-0.05, 0) is 25.2 Å². The van der Waals surface area contributed by atoms with Gasteiger partial charge in [0.1, 0.15) is 0 Å². The molecule has 2 aromatic rings. The smallest absolute Gasteiger partial charge is 0.306 e. The van der Waals surface area contributed by atoms with E-state index in [1.165, 1.54) is 0 Å². The Balaban J connectivity index is 1.75. The molecule has 1 aromatic heterocycles. The van der Waals surface area contributed by atoms with Gasteiger partial charge >= 0.3 is 5.69 Å². The summed E-state index contributed by atoms with van der Waals surface area (Å²) in [6, 6.07) is 5.49. The first-order valence-corrected chi connectivity index (χ1v) is 7.30. The van der Waals surface area contributed by atoms with Crippen LogP contribution in [0.15, 0.2) is 23.0 Å². The van der Waals surface area contributed by atoms with Gasteiger partial charge in [-0.25, -0.2) is 4.79 Å². The minimum absolute atomic E-state index is 0.0589. The highest BCUT2D eigenvalue weighted by Crippen LogP contribution is 2.16. The zero-order chi connectivity index (χ0) is 14.1. The molecule has 20 heavy (non-hydrogen) atoms. The number of benzene rings is 1. The predicted octanol–water partition coefficient (Wildman–Crippen LogP) is 1.23. The molecule has 1 aromatic carbocycles. The van der Waals surface area contributed by atoms with E-state index in [0.29, 0.717) is 11.6 Å². The van der Waals surface area contributed by atoms with Crippen LogP contribution in [-0.4, -0.2) is 59.1 Å². The number of rotatable bonds is 3. The monoisotopic (exact) mass is 294 g/mol. The topological polar surface area (TPSA) is 44.3 Å². The molecule has 108 valence electrons. The second kappa shape index (κ2) is 5.60. The summed E-state index contributed by atoms with van der Waals surface area (Å²) in [4.78, 5) is 19.6. The first kappa shape index (κ1) is 13.7. The van der Waals surface area contributed by atoms with Gasteiger partial charge in [-0.2, -0.15) is 0 Å². The van der Waals surface area contributed by atoms with Crippen LogP contribution in [0, 0.1) is 0 Å². The van der Waals surface area contributed by atoms with E-state index < -0.39 is 0 Å². The summed E-state index contributed by atoms with van der Waals surface area (Å²) < 4.78 is 1.78. The Morgan fingerprint density at radius 1 is 1.20 bits per heavy atom. The van der Waals surface area contributed by atoms with Crippen LogP contribution in [0.3, 0.4) is 0 Å². The van der Waals surface area contributed by atoms with Crippen molar-refractivity contribution < 1.29 is 0 Å². The van der Waals surface area contributed by atoms with Crippen molar-refractivity contribution in [2.24, 2.45) is 0 Å². The molecule has 0 saturated carbocycles. The number of hydrogen-bond acceptors (Lipinski definition) is 3. The molecular weight excluding hydrogens is 276 g/mol. The average Bonchev–Trinajstić information content (AvgIpc) is 2.73. The Morgan fingerprint density at radius 2 is 1.95 bits per heavy atom. The van der Waals surface area contributed by atoms with Crippen molar-refractivity contribution >= 4 is 22.6 Å². The summed E-state index contributed by atoms with van der Waals surface area (Å²) in [6.45, 7) is 5.90. The van der Waals surface area contributed by atoms with Crippen LogP contribution in [-0.2, 0) is 6.54 Å². The van der Waals surface area contributed by atoms with Gasteiger partial charge in [-0.15, -0.1) is 0 Å². The van der Waals surface area contributed by atoms with Crippen molar-refractivity contribution in [1.29, 1.82) is 0 Å². The molecule has 1 saturated heterocycles. The molecule has 0 bridgehead atoms. The summed E-state index contributed by atoms with van der Waals surface area (Å²) in [5.41, 5.74) is 1.67. The highest BCUT2D eigenvalue weighted by molar-refractivity contribution is 6.31. The van der Waals surface area contributed by atoms with Crippen molar-refractivity contribution in [2.75, 3.05) is 39.8 Å². The summed E-state index contributed by atoms with van der Waals surface area (Å²) in [6.07, 6.45) is 0. The lowest BCUT2D eigenvalue weighted by Crippen LogP contribution is -2.45. The van der Waals surface area contributed by atoms with E-state index in [2.05, 4.69) is 21.8 Å². The van der Waals surface area contributed by atoms with E-state index in [-0.39, 0.29) is 5.69 Å². The molecule has 0 spiro atoms. The molecule has 1 fully saturated rings. The Hall–Kier alpha value is -1.30. The fourth-order valence-corrected chi connectivity index (χ4v) is 2.83. The van der Waals surface area contributed by atoms with Crippen LogP contribution in [0.2, 0.25) is 5.02 Å². The van der Waals surface area contributed by atoms with Gasteiger partial charge in [0.05, 0.1) is 11.0 Å². The Labute approximate surface area is 122 Å². The van der Waals surface area contributed by atoms with E-state index in [9.17, 15) is 4.79 Å². The number of piperazine rings is 1. The molecule has 6 heteroatoms. The first-order chi connectivity index (χ1) is 9.63. The van der Waals surface area contributed by atoms with Crippen molar-refractivity contribution in [2.45, 2.75) is 6.54 Å². The van der Waals surface area contributed by atoms with Crippen molar-refractivity contribution in [3.63, 3.8) is 0 Å². The van der Waals surface area contributed by atoms with Gasteiger partial charge in [-0.1, -0.05) is 11.6 Å². The number of nitrogens with one attached hydrogen (secondary N) is 1. The van der Waals surface area contributed by atoms with Crippen LogP contribution in [0.1, 0.15) is 0 Å². The van der Waals surface area contributed by atoms with E-state index in [4.69, 9.17) is 11.6 Å². The number of hydrogen-bond donors (Lipinski definition) is 1. The fourth-order valence-electron chi connectivity index (χ4n) is 2.66. The third kappa shape index (κ3) is 2.75. The van der Waals surface area contributed by atoms with Crippen LogP contribution in [0.4, 0.5) is 0 Å². The van der Waals surface area contributed by atoms with Crippen LogP contribution < -0.4 is 5.69 Å². The highest BCUT2D eigenvalue weighted by atomic mass is 35.5. The van der Waals surface area contributed by atoms with Crippen LogP contribution >= 0.6 is 11.6 Å². The lowest BCUT2D eigenvalue weighted by molar-refractivity contribution is 0.150. The molecule has 0 atom stereocenters. The number of likely N-dealkylation sites (N-methyl/N-ethyl adjacent to an activating group) is 1. The first-order valence-electron chi connectivity index (χ1n) is 6.92. The zero-order valence-corrected chi connectivity index (χ0v) is 12.4. The molecular formula is C14H19ClN4O. The third-order valence-electron chi connectivity index (χ3n) is 3.97. The third-order valence-corrected chi connectivity index (χ3v) is 4.21. The van der Waals surface area contributed by atoms with E-state index in [1.54, 1.807) is 10.6 Å². The summed E-state index contributed by atoms with van der Waals surface area (Å²) in [5.74, 6) is 0. The molecule has 0 aliphatic carbocycles. The number of fused-ring (bicyclic) bond motifs is 1. The quantitative estimate of drug-likeness (QED) is 0.926. The van der Waals surface area contributed by atoms with E-state index in [0.717, 1.165) is 43.8 Å². The normalized spacial score (nSPS) is 17.9. The lowest BCUT2D eigenvalue weighted by Gasteiger charge is -2.32. The number of imidazole rings is 1. The molecule has 0 unspecified atom stereocenters. The maximum absolute atomic E-state index is 12.0. The Kier molecular flexibility index (Phi) is 3.83. The van der Waals surface area contributed by atoms with Crippen molar-refractivity contribution in [3.05, 3.63) is 33.7 Å². The predicted molar refractivity (Wildman–Crippen MR) is 81.5 cm³/mol. The van der Waals surface area contributed by atoms with Gasteiger partial charge in [-0.3, -0.25) is 9.47 Å². The molecule has 1 aliphatic rings. The fraction of sp³-hybridized carbons (Fsp3) is 0.500. The second-order valence-corrected chi connectivity index (χ2v) is 5.82. The van der Waals surface area contributed by atoms with E-state index >= 15 is 0 Å². The highest BCUT2D eigenvalue weighted by Gasteiger charge is 2.14. The maximum atomic E-state index is 12.0. The van der Waals surface area contributed by atoms with Gasteiger partial charge in [0.2, 0.25) is 0 Å². The molecule has 3 rings (SSSR count). The molecule has 0 radical (unpaired) electrons. The Morgan fingerprint density at radius 3 is 2.70 bits per heavy atom. The average molecular weight is 295 g/mol. The number of H-pyrrole nitrogens is 1. The molecule has 1 N–H and O–H groups in total. The number of halogens is 1. The van der Waals surface area contributed by atoms with Crippen molar-refractivity contribution in [1.82, 2.24) is 19.4 Å². The maximum Gasteiger partial charge on any atom is 0.326 e. The summed E-state index contributed by atoms with van der Waals surface area (Å²) >= 11 is 6.02. The van der Waals surface area contributed by atoms with Gasteiger partial charge in [0.15, 0.2) is 0 Å². The van der Waals surface area contributed by atoms with Gasteiger partial charge < -0.3 is 9.88 Å². The summed E-state index contributed by atoms with van der Waals surface area (Å²) in [5, 5.41) is 0.657. The Bertz CT molecular complexity index is 655. The van der Waals surface area contributed by atoms with Crippen LogP contribution in [0.5, 0.6) is 0 Å². The molecule has 0 amide bonds. The minimum atomic E-state index is -0.0589.